The van der Waals surface area contributed by atoms with Crippen LogP contribution in [0.4, 0.5) is 8.78 Å². The van der Waals surface area contributed by atoms with Gasteiger partial charge in [-0.3, -0.25) is 0 Å². The molecule has 0 aliphatic heterocycles. The lowest BCUT2D eigenvalue weighted by Gasteiger charge is -2.11. The van der Waals surface area contributed by atoms with Gasteiger partial charge in [-0.1, -0.05) is 30.3 Å². The predicted octanol–water partition coefficient (Wildman–Crippen LogP) is 4.13. The third kappa shape index (κ3) is 4.06. The monoisotopic (exact) mass is 354 g/mol. The van der Waals surface area contributed by atoms with Crippen molar-refractivity contribution in [3.05, 3.63) is 83.1 Å². The largest absolute Gasteiger partial charge is 0.481 e. The van der Waals surface area contributed by atoms with Crippen LogP contribution in [0.3, 0.4) is 0 Å². The van der Waals surface area contributed by atoms with Gasteiger partial charge in [0.1, 0.15) is 0 Å². The fourth-order valence-electron chi connectivity index (χ4n) is 2.85. The zero-order chi connectivity index (χ0) is 18.5. The molecule has 0 radical (unpaired) electrons. The number of hydrogen-bond acceptors (Lipinski definition) is 3. The summed E-state index contributed by atoms with van der Waals surface area (Å²) >= 11 is 0. The topological polar surface area (TPSA) is 48.1 Å². The average molecular weight is 354 g/mol. The molecule has 3 aromatic rings. The zero-order valence-corrected chi connectivity index (χ0v) is 14.5. The number of methoxy groups -OCH3 is 1. The highest BCUT2D eigenvalue weighted by Crippen LogP contribution is 2.30. The normalized spacial score (nSPS) is 10.8. The van der Waals surface area contributed by atoms with E-state index in [0.717, 1.165) is 29.7 Å². The molecule has 3 rings (SSSR count). The highest BCUT2D eigenvalue weighted by molar-refractivity contribution is 5.69. The van der Waals surface area contributed by atoms with E-state index in [1.807, 2.05) is 6.07 Å². The van der Waals surface area contributed by atoms with Crippen molar-refractivity contribution in [2.75, 3.05) is 13.7 Å². The van der Waals surface area contributed by atoms with Crippen LogP contribution in [0.25, 0.3) is 11.1 Å². The number of rotatable bonds is 6. The first-order valence-corrected chi connectivity index (χ1v) is 8.37. The molecule has 2 aromatic carbocycles. The van der Waals surface area contributed by atoms with Crippen LogP contribution in [-0.2, 0) is 12.8 Å². The van der Waals surface area contributed by atoms with Gasteiger partial charge in [-0.15, -0.1) is 0 Å². The molecule has 0 saturated heterocycles. The maximum atomic E-state index is 13.6. The molecule has 0 aliphatic rings. The lowest BCUT2D eigenvalue weighted by Crippen LogP contribution is -2.02. The first kappa shape index (κ1) is 18.0. The van der Waals surface area contributed by atoms with Crippen LogP contribution in [-0.4, -0.2) is 18.6 Å². The summed E-state index contributed by atoms with van der Waals surface area (Å²) in [6.07, 6.45) is 3.26. The van der Waals surface area contributed by atoms with E-state index >= 15 is 0 Å². The van der Waals surface area contributed by atoms with E-state index in [-0.39, 0.29) is 0 Å². The molecule has 1 aromatic heterocycles. The van der Waals surface area contributed by atoms with Gasteiger partial charge >= 0.3 is 0 Å². The zero-order valence-electron chi connectivity index (χ0n) is 14.5. The minimum absolute atomic E-state index is 0.373. The molecule has 2 N–H and O–H groups in total. The average Bonchev–Trinajstić information content (AvgIpc) is 2.66. The molecule has 5 heteroatoms. The predicted molar refractivity (Wildman–Crippen MR) is 98.1 cm³/mol. The van der Waals surface area contributed by atoms with E-state index in [4.69, 9.17) is 10.5 Å². The summed E-state index contributed by atoms with van der Waals surface area (Å²) in [5.41, 5.74) is 10.0. The highest BCUT2D eigenvalue weighted by atomic mass is 19.2. The van der Waals surface area contributed by atoms with Crippen LogP contribution in [0.1, 0.15) is 16.7 Å². The molecule has 0 aliphatic carbocycles. The lowest BCUT2D eigenvalue weighted by molar-refractivity contribution is 0.399. The minimum atomic E-state index is -0.898. The van der Waals surface area contributed by atoms with E-state index in [2.05, 4.69) is 29.2 Å². The second kappa shape index (κ2) is 8.06. The van der Waals surface area contributed by atoms with E-state index < -0.39 is 11.6 Å². The summed E-state index contributed by atoms with van der Waals surface area (Å²) in [4.78, 5) is 4.31. The van der Waals surface area contributed by atoms with Gasteiger partial charge in [0.15, 0.2) is 11.6 Å². The van der Waals surface area contributed by atoms with Gasteiger partial charge in [0.25, 0.3) is 0 Å². The Morgan fingerprint density at radius 3 is 2.31 bits per heavy atom. The molecule has 0 saturated carbocycles. The number of ether oxygens (including phenoxy) is 1. The summed E-state index contributed by atoms with van der Waals surface area (Å²) in [5.74, 6) is -1.40. The van der Waals surface area contributed by atoms with Gasteiger partial charge in [-0.05, 0) is 59.8 Å². The summed E-state index contributed by atoms with van der Waals surface area (Å²) in [6, 6.07) is 13.9. The van der Waals surface area contributed by atoms with Gasteiger partial charge in [0, 0.05) is 11.8 Å². The Kier molecular flexibility index (Phi) is 5.58. The van der Waals surface area contributed by atoms with Crippen LogP contribution in [0.15, 0.2) is 54.7 Å². The molecule has 0 fully saturated rings. The highest BCUT2D eigenvalue weighted by Gasteiger charge is 2.12. The Hall–Kier alpha value is -2.79. The van der Waals surface area contributed by atoms with Gasteiger partial charge in [-0.25, -0.2) is 13.8 Å². The van der Waals surface area contributed by atoms with E-state index in [1.165, 1.54) is 18.7 Å². The maximum absolute atomic E-state index is 13.6. The molecular formula is C21H20F2N2O. The number of halogens is 2. The van der Waals surface area contributed by atoms with Crippen molar-refractivity contribution in [2.24, 2.45) is 5.73 Å². The van der Waals surface area contributed by atoms with Crippen LogP contribution >= 0.6 is 0 Å². The van der Waals surface area contributed by atoms with E-state index in [1.54, 1.807) is 6.20 Å². The van der Waals surface area contributed by atoms with Crippen molar-refractivity contribution >= 4 is 0 Å². The van der Waals surface area contributed by atoms with Crippen molar-refractivity contribution in [2.45, 2.75) is 12.8 Å². The summed E-state index contributed by atoms with van der Waals surface area (Å²) in [6.45, 7) is 0.624. The minimum Gasteiger partial charge on any atom is -0.481 e. The molecule has 1 heterocycles. The Morgan fingerprint density at radius 1 is 0.923 bits per heavy atom. The molecular weight excluding hydrogens is 334 g/mol. The number of aromatic nitrogens is 1. The Labute approximate surface area is 151 Å². The maximum Gasteiger partial charge on any atom is 0.221 e. The number of nitrogens with two attached hydrogens (primary N) is 1. The van der Waals surface area contributed by atoms with E-state index in [0.29, 0.717) is 30.0 Å². The lowest BCUT2D eigenvalue weighted by atomic mass is 10.00. The molecule has 0 amide bonds. The smallest absolute Gasteiger partial charge is 0.221 e. The van der Waals surface area contributed by atoms with E-state index in [9.17, 15) is 8.78 Å². The Bertz CT molecular complexity index is 895. The molecule has 0 atom stereocenters. The SMILES string of the molecule is COc1ncc(Cc2ccc(CCN)cc2)cc1-c1ccc(F)c(F)c1. The van der Waals surface area contributed by atoms with Gasteiger partial charge in [0.05, 0.1) is 7.11 Å². The van der Waals surface area contributed by atoms with Crippen LogP contribution in [0, 0.1) is 11.6 Å². The van der Waals surface area contributed by atoms with Crippen LogP contribution in [0.5, 0.6) is 5.88 Å². The molecule has 0 spiro atoms. The first-order chi connectivity index (χ1) is 12.6. The second-order valence-corrected chi connectivity index (χ2v) is 6.06. The molecule has 0 unspecified atom stereocenters. The number of benzene rings is 2. The fourth-order valence-corrected chi connectivity index (χ4v) is 2.85. The van der Waals surface area contributed by atoms with Crippen LogP contribution in [0.2, 0.25) is 0 Å². The van der Waals surface area contributed by atoms with Crippen molar-refractivity contribution in [3.63, 3.8) is 0 Å². The molecule has 134 valence electrons. The van der Waals surface area contributed by atoms with Crippen molar-refractivity contribution in [1.29, 1.82) is 0 Å². The third-order valence-electron chi connectivity index (χ3n) is 4.20. The Morgan fingerprint density at radius 2 is 1.65 bits per heavy atom. The fraction of sp³-hybridized carbons (Fsp3) is 0.190. The summed E-state index contributed by atoms with van der Waals surface area (Å²) in [5, 5.41) is 0. The van der Waals surface area contributed by atoms with Crippen LogP contribution < -0.4 is 10.5 Å². The van der Waals surface area contributed by atoms with Gasteiger partial charge < -0.3 is 10.5 Å². The second-order valence-electron chi connectivity index (χ2n) is 6.06. The summed E-state index contributed by atoms with van der Waals surface area (Å²) < 4.78 is 32.1. The Balaban J connectivity index is 1.90. The number of hydrogen-bond donors (Lipinski definition) is 1. The molecule has 26 heavy (non-hydrogen) atoms. The van der Waals surface area contributed by atoms with Gasteiger partial charge in [0.2, 0.25) is 5.88 Å². The third-order valence-corrected chi connectivity index (χ3v) is 4.20. The summed E-state index contributed by atoms with van der Waals surface area (Å²) in [7, 11) is 1.50. The van der Waals surface area contributed by atoms with Crippen molar-refractivity contribution in [3.8, 4) is 17.0 Å². The molecule has 3 nitrogen and oxygen atoms in total. The van der Waals surface area contributed by atoms with Crippen molar-refractivity contribution in [1.82, 2.24) is 4.98 Å². The van der Waals surface area contributed by atoms with Crippen molar-refractivity contribution < 1.29 is 13.5 Å². The number of nitrogens with zero attached hydrogens (tertiary/aromatic N) is 1. The number of pyridine rings is 1. The molecule has 0 bridgehead atoms. The van der Waals surface area contributed by atoms with Gasteiger partial charge in [-0.2, -0.15) is 0 Å². The standard InChI is InChI=1S/C21H20F2N2O/c1-26-21-18(17-6-7-19(22)20(23)12-17)11-16(13-25-21)10-15-4-2-14(3-5-15)8-9-24/h2-7,11-13H,8-10,24H2,1H3. The quantitative estimate of drug-likeness (QED) is 0.724. The first-order valence-electron chi connectivity index (χ1n) is 8.37.